The molecule has 0 radical (unpaired) electrons. The predicted octanol–water partition coefficient (Wildman–Crippen LogP) is 1.69. The Morgan fingerprint density at radius 3 is 2.11 bits per heavy atom. The largest absolute Gasteiger partial charge is 0.343 e. The zero-order valence-corrected chi connectivity index (χ0v) is 12.6. The van der Waals surface area contributed by atoms with E-state index in [1.54, 1.807) is 0 Å². The van der Waals surface area contributed by atoms with Crippen molar-refractivity contribution in [3.8, 4) is 0 Å². The molecular formula is C14H31N3O. The predicted molar refractivity (Wildman–Crippen MR) is 77.5 cm³/mol. The number of nitrogens with two attached hydrogens (primary N) is 1. The van der Waals surface area contributed by atoms with E-state index in [2.05, 4.69) is 18.7 Å². The molecular weight excluding hydrogens is 226 g/mol. The molecule has 0 rings (SSSR count). The van der Waals surface area contributed by atoms with E-state index >= 15 is 0 Å². The molecule has 0 aromatic carbocycles. The molecule has 0 heterocycles. The van der Waals surface area contributed by atoms with Crippen molar-refractivity contribution in [1.29, 1.82) is 0 Å². The van der Waals surface area contributed by atoms with Crippen molar-refractivity contribution < 1.29 is 4.79 Å². The lowest BCUT2D eigenvalue weighted by Gasteiger charge is -2.31. The molecule has 4 heteroatoms. The van der Waals surface area contributed by atoms with Crippen molar-refractivity contribution in [3.05, 3.63) is 0 Å². The van der Waals surface area contributed by atoms with Gasteiger partial charge in [-0.3, -0.25) is 9.69 Å². The van der Waals surface area contributed by atoms with Crippen LogP contribution in [-0.4, -0.2) is 54.5 Å². The van der Waals surface area contributed by atoms with Crippen LogP contribution in [0.25, 0.3) is 0 Å². The number of hydrogen-bond donors (Lipinski definition) is 1. The van der Waals surface area contributed by atoms with Crippen molar-refractivity contribution in [2.75, 3.05) is 32.7 Å². The molecule has 0 aliphatic carbocycles. The van der Waals surface area contributed by atoms with Crippen LogP contribution in [0.2, 0.25) is 0 Å². The molecule has 18 heavy (non-hydrogen) atoms. The fraction of sp³-hybridized carbons (Fsp3) is 0.929. The topological polar surface area (TPSA) is 49.6 Å². The van der Waals surface area contributed by atoms with Crippen molar-refractivity contribution >= 4 is 5.91 Å². The summed E-state index contributed by atoms with van der Waals surface area (Å²) in [7, 11) is 0. The number of unbranched alkanes of at least 4 members (excludes halogenated alkanes) is 1. The van der Waals surface area contributed by atoms with Crippen LogP contribution in [0, 0.1) is 0 Å². The molecule has 4 nitrogen and oxygen atoms in total. The summed E-state index contributed by atoms with van der Waals surface area (Å²) in [6.07, 6.45) is 2.90. The molecule has 1 amide bonds. The molecule has 0 bridgehead atoms. The third kappa shape index (κ3) is 5.83. The standard InChI is InChI=1S/C14H31N3O/c1-5-9-10-17(8-4)13(12-15)11-14(18)16(6-2)7-3/h13H,5-12,15H2,1-4H3. The fourth-order valence-electron chi connectivity index (χ4n) is 2.23. The Hall–Kier alpha value is -0.610. The van der Waals surface area contributed by atoms with Gasteiger partial charge >= 0.3 is 0 Å². The zero-order valence-electron chi connectivity index (χ0n) is 12.6. The summed E-state index contributed by atoms with van der Waals surface area (Å²) in [5.74, 6) is 0.227. The minimum atomic E-state index is 0.189. The summed E-state index contributed by atoms with van der Waals surface area (Å²) < 4.78 is 0. The maximum absolute atomic E-state index is 12.1. The Morgan fingerprint density at radius 1 is 1.11 bits per heavy atom. The summed E-state index contributed by atoms with van der Waals surface area (Å²) in [6.45, 7) is 12.5. The van der Waals surface area contributed by atoms with E-state index < -0.39 is 0 Å². The molecule has 1 unspecified atom stereocenters. The Kier molecular flexibility index (Phi) is 9.98. The summed E-state index contributed by atoms with van der Waals surface area (Å²) in [5.41, 5.74) is 5.84. The lowest BCUT2D eigenvalue weighted by Crippen LogP contribution is -2.45. The number of carbonyl (C=O) groups is 1. The van der Waals surface area contributed by atoms with Crippen molar-refractivity contribution in [2.45, 2.75) is 53.0 Å². The number of nitrogens with zero attached hydrogens (tertiary/aromatic N) is 2. The van der Waals surface area contributed by atoms with E-state index in [1.165, 1.54) is 12.8 Å². The van der Waals surface area contributed by atoms with Crippen LogP contribution in [0.4, 0.5) is 0 Å². The van der Waals surface area contributed by atoms with Crippen LogP contribution in [0.1, 0.15) is 47.0 Å². The quantitative estimate of drug-likeness (QED) is 0.648. The molecule has 0 aliphatic heterocycles. The van der Waals surface area contributed by atoms with E-state index in [0.717, 1.165) is 26.2 Å². The average molecular weight is 257 g/mol. The van der Waals surface area contributed by atoms with Crippen LogP contribution in [0.5, 0.6) is 0 Å². The number of hydrogen-bond acceptors (Lipinski definition) is 3. The highest BCUT2D eigenvalue weighted by molar-refractivity contribution is 5.76. The summed E-state index contributed by atoms with van der Waals surface area (Å²) >= 11 is 0. The minimum absolute atomic E-state index is 0.189. The highest BCUT2D eigenvalue weighted by Gasteiger charge is 2.20. The van der Waals surface area contributed by atoms with Gasteiger partial charge in [-0.1, -0.05) is 20.3 Å². The van der Waals surface area contributed by atoms with Gasteiger partial charge in [-0.25, -0.2) is 0 Å². The fourth-order valence-corrected chi connectivity index (χ4v) is 2.23. The normalized spacial score (nSPS) is 12.8. The van der Waals surface area contributed by atoms with Gasteiger partial charge in [0.15, 0.2) is 0 Å². The van der Waals surface area contributed by atoms with Gasteiger partial charge < -0.3 is 10.6 Å². The van der Waals surface area contributed by atoms with Crippen molar-refractivity contribution in [3.63, 3.8) is 0 Å². The second-order valence-electron chi connectivity index (χ2n) is 4.64. The Morgan fingerprint density at radius 2 is 1.72 bits per heavy atom. The maximum Gasteiger partial charge on any atom is 0.224 e. The lowest BCUT2D eigenvalue weighted by atomic mass is 10.1. The third-order valence-electron chi connectivity index (χ3n) is 3.52. The van der Waals surface area contributed by atoms with Crippen LogP contribution < -0.4 is 5.73 Å². The highest BCUT2D eigenvalue weighted by Crippen LogP contribution is 2.08. The lowest BCUT2D eigenvalue weighted by molar-refractivity contribution is -0.132. The molecule has 108 valence electrons. The Bertz CT molecular complexity index is 217. The second-order valence-corrected chi connectivity index (χ2v) is 4.64. The first-order chi connectivity index (χ1) is 8.64. The van der Waals surface area contributed by atoms with Gasteiger partial charge in [0.05, 0.1) is 0 Å². The van der Waals surface area contributed by atoms with E-state index in [-0.39, 0.29) is 11.9 Å². The molecule has 0 saturated heterocycles. The van der Waals surface area contributed by atoms with Crippen LogP contribution >= 0.6 is 0 Å². The molecule has 0 aliphatic rings. The van der Waals surface area contributed by atoms with Gasteiger partial charge in [-0.15, -0.1) is 0 Å². The summed E-state index contributed by atoms with van der Waals surface area (Å²) in [5, 5.41) is 0. The molecule has 0 spiro atoms. The summed E-state index contributed by atoms with van der Waals surface area (Å²) in [4.78, 5) is 16.3. The number of rotatable bonds is 10. The van der Waals surface area contributed by atoms with E-state index in [9.17, 15) is 4.79 Å². The van der Waals surface area contributed by atoms with Gasteiger partial charge in [0.25, 0.3) is 0 Å². The monoisotopic (exact) mass is 257 g/mol. The Balaban J connectivity index is 4.41. The third-order valence-corrected chi connectivity index (χ3v) is 3.52. The SMILES string of the molecule is CCCCN(CC)C(CN)CC(=O)N(CC)CC. The van der Waals surface area contributed by atoms with Gasteiger partial charge in [0, 0.05) is 32.1 Å². The van der Waals surface area contributed by atoms with Crippen LogP contribution in [0.15, 0.2) is 0 Å². The average Bonchev–Trinajstić information content (AvgIpc) is 2.39. The molecule has 2 N–H and O–H groups in total. The first kappa shape index (κ1) is 17.4. The van der Waals surface area contributed by atoms with E-state index in [0.29, 0.717) is 13.0 Å². The molecule has 0 saturated carbocycles. The number of amides is 1. The Labute approximate surface area is 113 Å². The smallest absolute Gasteiger partial charge is 0.224 e. The number of likely N-dealkylation sites (N-methyl/N-ethyl adjacent to an activating group) is 1. The van der Waals surface area contributed by atoms with Crippen LogP contribution in [0.3, 0.4) is 0 Å². The molecule has 0 fully saturated rings. The minimum Gasteiger partial charge on any atom is -0.343 e. The van der Waals surface area contributed by atoms with E-state index in [4.69, 9.17) is 5.73 Å². The van der Waals surface area contributed by atoms with E-state index in [1.807, 2.05) is 18.7 Å². The van der Waals surface area contributed by atoms with Crippen molar-refractivity contribution in [1.82, 2.24) is 9.80 Å². The summed E-state index contributed by atoms with van der Waals surface area (Å²) in [6, 6.07) is 0.189. The highest BCUT2D eigenvalue weighted by atomic mass is 16.2. The van der Waals surface area contributed by atoms with Gasteiger partial charge in [-0.2, -0.15) is 0 Å². The zero-order chi connectivity index (χ0) is 14.0. The van der Waals surface area contributed by atoms with Crippen molar-refractivity contribution in [2.24, 2.45) is 5.73 Å². The molecule has 1 atom stereocenters. The van der Waals surface area contributed by atoms with Gasteiger partial charge in [0.1, 0.15) is 0 Å². The van der Waals surface area contributed by atoms with Crippen LogP contribution in [-0.2, 0) is 4.79 Å². The maximum atomic E-state index is 12.1. The first-order valence-electron chi connectivity index (χ1n) is 7.36. The second kappa shape index (κ2) is 10.3. The van der Waals surface area contributed by atoms with Gasteiger partial charge in [0.2, 0.25) is 5.91 Å². The van der Waals surface area contributed by atoms with Gasteiger partial charge in [-0.05, 0) is 33.4 Å². The molecule has 0 aromatic rings. The first-order valence-corrected chi connectivity index (χ1v) is 7.36. The molecule has 0 aromatic heterocycles. The number of carbonyl (C=O) groups excluding carboxylic acids is 1.